The number of ketones is 1. The molecule has 1 aliphatic heterocycles. The van der Waals surface area contributed by atoms with Gasteiger partial charge >= 0.3 is 23.9 Å². The maximum Gasteiger partial charge on any atom is 0.338 e. The van der Waals surface area contributed by atoms with Crippen molar-refractivity contribution in [3.63, 3.8) is 0 Å². The molecule has 2 aromatic rings. The summed E-state index contributed by atoms with van der Waals surface area (Å²) in [5.41, 5.74) is -7.16. The van der Waals surface area contributed by atoms with Crippen LogP contribution in [0.15, 0.2) is 71.8 Å². The highest BCUT2D eigenvalue weighted by Crippen LogP contribution is 2.64. The summed E-state index contributed by atoms with van der Waals surface area (Å²) in [5, 5.41) is 39.9. The van der Waals surface area contributed by atoms with Gasteiger partial charge in [0.2, 0.25) is 5.91 Å². The molecule has 0 spiro atoms. The van der Waals surface area contributed by atoms with E-state index < -0.39 is 119 Å². The zero-order chi connectivity index (χ0) is 43.4. The summed E-state index contributed by atoms with van der Waals surface area (Å²) in [7, 11) is 0. The van der Waals surface area contributed by atoms with Crippen molar-refractivity contribution in [2.24, 2.45) is 22.7 Å². The van der Waals surface area contributed by atoms with Crippen LogP contribution in [-0.2, 0) is 47.7 Å². The summed E-state index contributed by atoms with van der Waals surface area (Å²) in [6, 6.07) is 14.9. The molecule has 0 aromatic heterocycles. The number of aliphatic hydroxyl groups excluding tert-OH is 2. The predicted octanol–water partition coefficient (Wildman–Crippen LogP) is 3.08. The molecule has 10 unspecified atom stereocenters. The van der Waals surface area contributed by atoms with E-state index in [0.29, 0.717) is 5.56 Å². The van der Waals surface area contributed by atoms with E-state index in [2.05, 4.69) is 5.32 Å². The summed E-state index contributed by atoms with van der Waals surface area (Å²) in [4.78, 5) is 82.6. The highest BCUT2D eigenvalue weighted by Gasteiger charge is 2.78. The first-order valence-electron chi connectivity index (χ1n) is 19.8. The average Bonchev–Trinajstić information content (AvgIpc) is 3.18. The Morgan fingerprint density at radius 1 is 0.898 bits per heavy atom. The minimum Gasteiger partial charge on any atom is -0.456 e. The molecule has 2 saturated carbocycles. The van der Waals surface area contributed by atoms with Crippen LogP contribution in [0.3, 0.4) is 0 Å². The zero-order valence-corrected chi connectivity index (χ0v) is 34.4. The van der Waals surface area contributed by atoms with Crippen molar-refractivity contribution in [1.29, 1.82) is 0 Å². The number of nitrogens with one attached hydrogen (secondary N) is 1. The van der Waals surface area contributed by atoms with Crippen LogP contribution in [0, 0.1) is 22.7 Å². The highest BCUT2D eigenvalue weighted by molar-refractivity contribution is 5.95. The van der Waals surface area contributed by atoms with Crippen molar-refractivity contribution in [2.45, 2.75) is 122 Å². The van der Waals surface area contributed by atoms with E-state index >= 15 is 4.79 Å². The predicted molar refractivity (Wildman–Crippen MR) is 207 cm³/mol. The minimum absolute atomic E-state index is 0.00705. The van der Waals surface area contributed by atoms with E-state index in [1.807, 2.05) is 0 Å². The van der Waals surface area contributed by atoms with E-state index in [4.69, 9.17) is 23.7 Å². The van der Waals surface area contributed by atoms with Crippen molar-refractivity contribution >= 4 is 35.6 Å². The molecule has 4 aliphatic rings. The van der Waals surface area contributed by atoms with E-state index in [1.165, 1.54) is 26.0 Å². The molecule has 318 valence electrons. The number of Topliss-reactive ketones (excluding diaryl/α,β-unsaturated/α-hetero) is 1. The third kappa shape index (κ3) is 7.25. The molecule has 3 aliphatic carbocycles. The number of carbonyl (C=O) groups excluding carboxylic acids is 6. The Balaban J connectivity index is 1.56. The molecule has 59 heavy (non-hydrogen) atoms. The summed E-state index contributed by atoms with van der Waals surface area (Å²) in [6.07, 6.45) is -10.4. The van der Waals surface area contributed by atoms with Crippen molar-refractivity contribution in [2.75, 3.05) is 6.61 Å². The minimum atomic E-state index is -2.37. The van der Waals surface area contributed by atoms with Crippen molar-refractivity contribution in [1.82, 2.24) is 5.32 Å². The lowest BCUT2D eigenvalue weighted by molar-refractivity contribution is -0.346. The van der Waals surface area contributed by atoms with E-state index in [9.17, 15) is 39.3 Å². The highest BCUT2D eigenvalue weighted by atomic mass is 16.6. The maximum absolute atomic E-state index is 15.4. The lowest BCUT2D eigenvalue weighted by atomic mass is 9.44. The Labute approximate surface area is 342 Å². The fourth-order valence-electron chi connectivity index (χ4n) is 9.69. The van der Waals surface area contributed by atoms with E-state index in [-0.39, 0.29) is 29.7 Å². The first kappa shape index (κ1) is 43.6. The van der Waals surface area contributed by atoms with Gasteiger partial charge in [0.15, 0.2) is 23.6 Å². The first-order valence-corrected chi connectivity index (χ1v) is 19.8. The summed E-state index contributed by atoms with van der Waals surface area (Å²) in [5.74, 6) is -7.15. The van der Waals surface area contributed by atoms with Crippen molar-refractivity contribution in [3.05, 3.63) is 82.9 Å². The number of ether oxygens (including phenoxy) is 5. The number of fused-ring (bicyclic) bond motifs is 5. The van der Waals surface area contributed by atoms with Gasteiger partial charge in [0.1, 0.15) is 23.9 Å². The number of rotatable bonds is 10. The number of hydrogen-bond acceptors (Lipinski definition) is 14. The van der Waals surface area contributed by atoms with Gasteiger partial charge in [-0.25, -0.2) is 9.59 Å². The molecule has 6 rings (SSSR count). The van der Waals surface area contributed by atoms with Crippen molar-refractivity contribution < 1.29 is 67.8 Å². The van der Waals surface area contributed by atoms with Crippen LogP contribution in [0.1, 0.15) is 90.2 Å². The molecule has 4 N–H and O–H groups in total. The van der Waals surface area contributed by atoms with E-state index in [1.54, 1.807) is 76.2 Å². The normalized spacial score (nSPS) is 33.1. The molecular weight excluding hydrogens is 766 g/mol. The number of hydrogen-bond donors (Lipinski definition) is 4. The van der Waals surface area contributed by atoms with Gasteiger partial charge in [-0.3, -0.25) is 19.2 Å². The summed E-state index contributed by atoms with van der Waals surface area (Å²) in [6.45, 7) is 11.3. The van der Waals surface area contributed by atoms with Crippen LogP contribution in [0.4, 0.5) is 0 Å². The van der Waals surface area contributed by atoms with Crippen LogP contribution in [0.25, 0.3) is 0 Å². The Bertz CT molecular complexity index is 2030. The van der Waals surface area contributed by atoms with E-state index in [0.717, 1.165) is 13.8 Å². The lowest BCUT2D eigenvalue weighted by Crippen LogP contribution is -2.82. The largest absolute Gasteiger partial charge is 0.456 e. The second-order valence-electron chi connectivity index (χ2n) is 17.2. The topological polar surface area (TPSA) is 221 Å². The molecule has 11 atom stereocenters. The van der Waals surface area contributed by atoms with Crippen LogP contribution in [0.5, 0.6) is 0 Å². The molecule has 1 heterocycles. The second-order valence-corrected chi connectivity index (χ2v) is 17.2. The third-order valence-corrected chi connectivity index (χ3v) is 13.0. The first-order chi connectivity index (χ1) is 27.6. The van der Waals surface area contributed by atoms with Crippen molar-refractivity contribution in [3.8, 4) is 0 Å². The average molecular weight is 820 g/mol. The quantitative estimate of drug-likeness (QED) is 0.154. The molecule has 2 aromatic carbocycles. The monoisotopic (exact) mass is 819 g/mol. The van der Waals surface area contributed by atoms with Gasteiger partial charge in [0.05, 0.1) is 35.6 Å². The zero-order valence-electron chi connectivity index (χ0n) is 34.4. The fourth-order valence-corrected chi connectivity index (χ4v) is 9.69. The van der Waals surface area contributed by atoms with Gasteiger partial charge < -0.3 is 44.3 Å². The van der Waals surface area contributed by atoms with Gasteiger partial charge in [0.25, 0.3) is 0 Å². The maximum atomic E-state index is 15.4. The molecule has 15 heteroatoms. The molecule has 1 saturated heterocycles. The number of esters is 4. The molecule has 0 radical (unpaired) electrons. The number of amides is 1. The standard InChI is InChI=1S/C44H53NO14/c1-22(2)38(51)45-32(26-15-11-9-12-16-26)33(49)40(53)57-28-20-44(54)37(58-39(52)27-17-13-10-14-18-27)35-42(8,29(48)19-30-43(35,21-55-30)59-25(5)47)36(50)34(56-24(4)46)31(23(28)3)41(44,6)7/h9-18,22,28-30,32-35,37,48-49,54H,19-21H2,1-8H3,(H,45,51)/t28?,29?,30?,32?,33?,34?,35?,37?,42-,43?,44?/m1/s1. The number of carbonyl (C=O) groups is 6. The number of benzene rings is 2. The second kappa shape index (κ2) is 15.9. The fraction of sp³-hybridized carbons (Fsp3) is 0.545. The van der Waals surface area contributed by atoms with Gasteiger partial charge in [-0.2, -0.15) is 0 Å². The SMILES string of the molecule is CC(=O)OC1C(=O)[C@]2(C)C(O)CC3OCC3(OC(C)=O)C2C(OC(=O)c2ccccc2)C2(O)CC(OC(=O)C(O)C(NC(=O)C(C)C)c3ccccc3)C(C)=C1C2(C)C. The van der Waals surface area contributed by atoms with Gasteiger partial charge in [0, 0.05) is 38.0 Å². The van der Waals surface area contributed by atoms with Gasteiger partial charge in [-0.05, 0) is 42.7 Å². The van der Waals surface area contributed by atoms with Crippen LogP contribution in [0.2, 0.25) is 0 Å². The molecular formula is C44H53NO14. The Morgan fingerprint density at radius 2 is 1.51 bits per heavy atom. The molecule has 15 nitrogen and oxygen atoms in total. The number of aliphatic hydroxyl groups is 3. The smallest absolute Gasteiger partial charge is 0.338 e. The van der Waals surface area contributed by atoms with Crippen LogP contribution < -0.4 is 5.32 Å². The Hall–Kier alpha value is -4.96. The summed E-state index contributed by atoms with van der Waals surface area (Å²) < 4.78 is 30.2. The third-order valence-electron chi connectivity index (χ3n) is 13.0. The lowest BCUT2D eigenvalue weighted by Gasteiger charge is -2.67. The molecule has 3 fully saturated rings. The summed E-state index contributed by atoms with van der Waals surface area (Å²) >= 11 is 0. The van der Waals surface area contributed by atoms with Gasteiger partial charge in [-0.15, -0.1) is 0 Å². The van der Waals surface area contributed by atoms with Gasteiger partial charge in [-0.1, -0.05) is 76.2 Å². The molecule has 1 amide bonds. The van der Waals surface area contributed by atoms with Crippen LogP contribution >= 0.6 is 0 Å². The van der Waals surface area contributed by atoms with Crippen LogP contribution in [-0.4, -0.2) is 105 Å². The Morgan fingerprint density at radius 3 is 2.05 bits per heavy atom. The Kier molecular flexibility index (Phi) is 11.8. The molecule has 2 bridgehead atoms.